The molecule has 2 heterocycles. The molecule has 1 N–H and O–H groups in total. The fourth-order valence-electron chi connectivity index (χ4n) is 3.03. The molecule has 1 aromatic carbocycles. The van der Waals surface area contributed by atoms with Crippen molar-refractivity contribution in [1.29, 1.82) is 0 Å². The minimum atomic E-state index is -4.43. The molecule has 3 aromatic rings. The molecule has 30 heavy (non-hydrogen) atoms. The topological polar surface area (TPSA) is 37.8 Å². The van der Waals surface area contributed by atoms with Gasteiger partial charge in [-0.1, -0.05) is 44.4 Å². The molecule has 0 atom stereocenters. The van der Waals surface area contributed by atoms with Crippen molar-refractivity contribution in [3.8, 4) is 11.3 Å². The average molecular weight is 432 g/mol. The average Bonchev–Trinajstić information content (AvgIpc) is 3.20. The third-order valence-corrected chi connectivity index (χ3v) is 5.35. The number of thiazole rings is 1. The summed E-state index contributed by atoms with van der Waals surface area (Å²) in [6, 6.07) is 7.99. The number of hydrogen-bond acceptors (Lipinski definition) is 4. The van der Waals surface area contributed by atoms with Crippen LogP contribution in [0.4, 0.5) is 24.0 Å². The predicted molar refractivity (Wildman–Crippen MR) is 118 cm³/mol. The van der Waals surface area contributed by atoms with E-state index in [1.54, 1.807) is 24.5 Å². The highest BCUT2D eigenvalue weighted by Crippen LogP contribution is 2.36. The van der Waals surface area contributed by atoms with Gasteiger partial charge in [-0.05, 0) is 42.7 Å². The van der Waals surface area contributed by atoms with E-state index in [0.717, 1.165) is 49.4 Å². The molecule has 3 nitrogen and oxygen atoms in total. The van der Waals surface area contributed by atoms with Crippen molar-refractivity contribution in [3.63, 3.8) is 0 Å². The zero-order chi connectivity index (χ0) is 21.4. The van der Waals surface area contributed by atoms with Gasteiger partial charge >= 0.3 is 6.18 Å². The lowest BCUT2D eigenvalue weighted by atomic mass is 10.0. The van der Waals surface area contributed by atoms with Crippen LogP contribution in [0, 0.1) is 0 Å². The van der Waals surface area contributed by atoms with E-state index < -0.39 is 11.7 Å². The van der Waals surface area contributed by atoms with E-state index in [2.05, 4.69) is 22.2 Å². The molecule has 0 fully saturated rings. The second-order valence-corrected chi connectivity index (χ2v) is 7.81. The normalized spacial score (nSPS) is 11.9. The van der Waals surface area contributed by atoms with E-state index in [4.69, 9.17) is 0 Å². The highest BCUT2D eigenvalue weighted by atomic mass is 32.1. The first kappa shape index (κ1) is 22.0. The number of rotatable bonds is 9. The predicted octanol–water partition coefficient (Wildman–Crippen LogP) is 7.95. The van der Waals surface area contributed by atoms with Gasteiger partial charge < -0.3 is 5.32 Å². The molecule has 0 bridgehead atoms. The van der Waals surface area contributed by atoms with Crippen molar-refractivity contribution < 1.29 is 13.2 Å². The number of unbranched alkanes of at least 4 members (excludes halogenated alkanes) is 4. The lowest BCUT2D eigenvalue weighted by molar-refractivity contribution is -0.137. The van der Waals surface area contributed by atoms with E-state index >= 15 is 0 Å². The van der Waals surface area contributed by atoms with Crippen molar-refractivity contribution in [2.75, 3.05) is 5.32 Å². The SMILES string of the molecule is CCCCCC/C=C/c1ccc(Nc2nc(-c3cccnc3)cs2)cc1C(F)(F)F. The summed E-state index contributed by atoms with van der Waals surface area (Å²) >= 11 is 1.33. The summed E-state index contributed by atoms with van der Waals surface area (Å²) in [7, 11) is 0. The van der Waals surface area contributed by atoms with Crippen LogP contribution in [0.25, 0.3) is 17.3 Å². The second-order valence-electron chi connectivity index (χ2n) is 6.96. The van der Waals surface area contributed by atoms with Crippen molar-refractivity contribution in [2.45, 2.75) is 45.2 Å². The Morgan fingerprint density at radius 3 is 2.73 bits per heavy atom. The van der Waals surface area contributed by atoms with Crippen molar-refractivity contribution in [2.24, 2.45) is 0 Å². The summed E-state index contributed by atoms with van der Waals surface area (Å²) in [6.07, 6.45) is 7.52. The van der Waals surface area contributed by atoms with Crippen LogP contribution >= 0.6 is 11.3 Å². The smallest absolute Gasteiger partial charge is 0.332 e. The zero-order valence-corrected chi connectivity index (χ0v) is 17.6. The quantitative estimate of drug-likeness (QED) is 0.349. The summed E-state index contributed by atoms with van der Waals surface area (Å²) in [6.45, 7) is 2.13. The zero-order valence-electron chi connectivity index (χ0n) is 16.7. The van der Waals surface area contributed by atoms with Crippen molar-refractivity contribution in [1.82, 2.24) is 9.97 Å². The molecule has 3 rings (SSSR count). The summed E-state index contributed by atoms with van der Waals surface area (Å²) in [4.78, 5) is 8.51. The number of nitrogens with zero attached hydrogens (tertiary/aromatic N) is 2. The van der Waals surface area contributed by atoms with E-state index in [0.29, 0.717) is 10.8 Å². The van der Waals surface area contributed by atoms with Gasteiger partial charge in [0.2, 0.25) is 0 Å². The van der Waals surface area contributed by atoms with Gasteiger partial charge in [-0.2, -0.15) is 13.2 Å². The molecule has 0 unspecified atom stereocenters. The van der Waals surface area contributed by atoms with Gasteiger partial charge in [-0.15, -0.1) is 11.3 Å². The van der Waals surface area contributed by atoms with Crippen LogP contribution in [0.3, 0.4) is 0 Å². The Bertz CT molecular complexity index is 965. The fraction of sp³-hybridized carbons (Fsp3) is 0.304. The molecule has 0 spiro atoms. The van der Waals surface area contributed by atoms with E-state index in [1.807, 2.05) is 23.6 Å². The fourth-order valence-corrected chi connectivity index (χ4v) is 3.77. The first-order valence-corrected chi connectivity index (χ1v) is 10.9. The summed E-state index contributed by atoms with van der Waals surface area (Å²) < 4.78 is 40.8. The molecular formula is C23H24F3N3S. The van der Waals surface area contributed by atoms with Gasteiger partial charge in [-0.3, -0.25) is 4.98 Å². The molecule has 0 aliphatic rings. The van der Waals surface area contributed by atoms with Crippen LogP contribution in [0.2, 0.25) is 0 Å². The van der Waals surface area contributed by atoms with Gasteiger partial charge in [0.1, 0.15) is 0 Å². The molecule has 0 saturated carbocycles. The summed E-state index contributed by atoms with van der Waals surface area (Å²) in [5, 5.41) is 5.36. The number of aromatic nitrogens is 2. The number of halogens is 3. The van der Waals surface area contributed by atoms with Crippen molar-refractivity contribution in [3.05, 3.63) is 65.3 Å². The van der Waals surface area contributed by atoms with Gasteiger partial charge in [-0.25, -0.2) is 4.98 Å². The van der Waals surface area contributed by atoms with Gasteiger partial charge in [0.25, 0.3) is 0 Å². The lowest BCUT2D eigenvalue weighted by Crippen LogP contribution is -2.08. The van der Waals surface area contributed by atoms with Crippen LogP contribution in [0.5, 0.6) is 0 Å². The lowest BCUT2D eigenvalue weighted by Gasteiger charge is -2.13. The number of hydrogen-bond donors (Lipinski definition) is 1. The summed E-state index contributed by atoms with van der Waals surface area (Å²) in [5.74, 6) is 0. The minimum absolute atomic E-state index is 0.179. The first-order valence-electron chi connectivity index (χ1n) is 9.98. The molecule has 2 aromatic heterocycles. The Morgan fingerprint density at radius 2 is 2.00 bits per heavy atom. The Hall–Kier alpha value is -2.67. The number of anilines is 2. The maximum Gasteiger partial charge on any atom is 0.417 e. The Labute approximate surface area is 178 Å². The Kier molecular flexibility index (Phi) is 7.63. The molecule has 0 aliphatic heterocycles. The van der Waals surface area contributed by atoms with E-state index in [9.17, 15) is 13.2 Å². The number of alkyl halides is 3. The molecular weight excluding hydrogens is 407 g/mol. The number of allylic oxidation sites excluding steroid dienone is 1. The highest BCUT2D eigenvalue weighted by Gasteiger charge is 2.33. The minimum Gasteiger partial charge on any atom is -0.332 e. The monoisotopic (exact) mass is 431 g/mol. The number of benzene rings is 1. The Morgan fingerprint density at radius 1 is 1.13 bits per heavy atom. The second kappa shape index (κ2) is 10.4. The number of pyridine rings is 1. The maximum atomic E-state index is 13.6. The van der Waals surface area contributed by atoms with E-state index in [1.165, 1.54) is 17.4 Å². The number of nitrogens with one attached hydrogen (secondary N) is 1. The molecule has 0 saturated heterocycles. The van der Waals surface area contributed by atoms with Crippen LogP contribution in [0.15, 0.2) is 54.2 Å². The van der Waals surface area contributed by atoms with E-state index in [-0.39, 0.29) is 5.56 Å². The maximum absolute atomic E-state index is 13.6. The van der Waals surface area contributed by atoms with Crippen LogP contribution < -0.4 is 5.32 Å². The molecule has 0 amide bonds. The van der Waals surface area contributed by atoms with Gasteiger partial charge in [0.15, 0.2) is 5.13 Å². The largest absolute Gasteiger partial charge is 0.417 e. The molecule has 158 valence electrons. The molecule has 0 aliphatic carbocycles. The highest BCUT2D eigenvalue weighted by molar-refractivity contribution is 7.14. The van der Waals surface area contributed by atoms with Crippen LogP contribution in [0.1, 0.15) is 50.2 Å². The van der Waals surface area contributed by atoms with Crippen LogP contribution in [-0.4, -0.2) is 9.97 Å². The standard InChI is InChI=1S/C23H24F3N3S/c1-2-3-4-5-6-7-9-17-11-12-19(14-20(17)23(24,25)26)28-22-29-21(16-30-22)18-10-8-13-27-15-18/h7-16H,2-6H2,1H3,(H,28,29)/b9-7+. The Balaban J connectivity index is 1.73. The first-order chi connectivity index (χ1) is 14.5. The van der Waals surface area contributed by atoms with Crippen molar-refractivity contribution >= 4 is 28.2 Å². The summed E-state index contributed by atoms with van der Waals surface area (Å²) in [5.41, 5.74) is 1.47. The third kappa shape index (κ3) is 6.16. The molecule has 0 radical (unpaired) electrons. The van der Waals surface area contributed by atoms with Crippen LogP contribution in [-0.2, 0) is 6.18 Å². The van der Waals surface area contributed by atoms with Gasteiger partial charge in [0, 0.05) is 29.0 Å². The molecule has 7 heteroatoms. The van der Waals surface area contributed by atoms with Gasteiger partial charge in [0.05, 0.1) is 11.3 Å². The third-order valence-electron chi connectivity index (χ3n) is 4.59.